The van der Waals surface area contributed by atoms with Crippen LogP contribution >= 0.6 is 11.3 Å². The second-order valence-corrected chi connectivity index (χ2v) is 6.75. The first-order chi connectivity index (χ1) is 9.75. The number of rotatable bonds is 4. The molecule has 0 saturated heterocycles. The molecule has 3 rings (SSSR count). The van der Waals surface area contributed by atoms with Crippen LogP contribution in [0.5, 0.6) is 0 Å². The predicted molar refractivity (Wildman–Crippen MR) is 83.3 cm³/mol. The molecule has 1 aromatic carbocycles. The number of aliphatic hydroxyl groups excluding tert-OH is 1. The third-order valence-electron chi connectivity index (χ3n) is 4.67. The van der Waals surface area contributed by atoms with Crippen LogP contribution in [-0.2, 0) is 18.3 Å². The first kappa shape index (κ1) is 13.8. The Morgan fingerprint density at radius 3 is 2.95 bits per heavy atom. The van der Waals surface area contributed by atoms with Crippen molar-refractivity contribution in [1.29, 1.82) is 0 Å². The quantitative estimate of drug-likeness (QED) is 0.931. The SMILES string of the molecule is Cc1ncsc1CCC1(CO)CCCc2ccccc21. The largest absolute Gasteiger partial charge is 0.395 e. The molecule has 1 N–H and O–H groups in total. The van der Waals surface area contributed by atoms with Crippen molar-refractivity contribution in [3.8, 4) is 0 Å². The molecule has 2 aromatic rings. The minimum absolute atomic E-state index is 0.0503. The maximum Gasteiger partial charge on any atom is 0.0797 e. The maximum atomic E-state index is 10.1. The van der Waals surface area contributed by atoms with E-state index in [1.807, 2.05) is 5.51 Å². The molecule has 0 amide bonds. The van der Waals surface area contributed by atoms with Crippen LogP contribution in [0.4, 0.5) is 0 Å². The highest BCUT2D eigenvalue weighted by molar-refractivity contribution is 7.09. The van der Waals surface area contributed by atoms with Gasteiger partial charge in [-0.3, -0.25) is 0 Å². The topological polar surface area (TPSA) is 33.1 Å². The molecule has 1 aliphatic carbocycles. The molecule has 2 nitrogen and oxygen atoms in total. The summed E-state index contributed by atoms with van der Waals surface area (Å²) in [6.07, 6.45) is 5.46. The van der Waals surface area contributed by atoms with E-state index in [-0.39, 0.29) is 12.0 Å². The summed E-state index contributed by atoms with van der Waals surface area (Å²) < 4.78 is 0. The van der Waals surface area contributed by atoms with Gasteiger partial charge in [-0.05, 0) is 50.2 Å². The normalized spacial score (nSPS) is 21.7. The Kier molecular flexibility index (Phi) is 3.90. The van der Waals surface area contributed by atoms with Gasteiger partial charge >= 0.3 is 0 Å². The van der Waals surface area contributed by atoms with Crippen LogP contribution in [0, 0.1) is 6.92 Å². The number of thiazole rings is 1. The average molecular weight is 287 g/mol. The lowest BCUT2D eigenvalue weighted by molar-refractivity contribution is 0.165. The standard InChI is InChI=1S/C17H21NOS/c1-13-16(20-12-18-13)8-10-17(11-19)9-4-6-14-5-2-3-7-15(14)17/h2-3,5,7,12,19H,4,6,8-11H2,1H3. The first-order valence-electron chi connectivity index (χ1n) is 7.33. The van der Waals surface area contributed by atoms with Gasteiger partial charge in [-0.25, -0.2) is 4.98 Å². The van der Waals surface area contributed by atoms with Gasteiger partial charge in [0.25, 0.3) is 0 Å². The van der Waals surface area contributed by atoms with Gasteiger partial charge < -0.3 is 5.11 Å². The van der Waals surface area contributed by atoms with Crippen LogP contribution in [0.1, 0.15) is 41.0 Å². The molecular formula is C17H21NOS. The maximum absolute atomic E-state index is 10.1. The van der Waals surface area contributed by atoms with E-state index in [2.05, 4.69) is 36.2 Å². The lowest BCUT2D eigenvalue weighted by Crippen LogP contribution is -2.35. The lowest BCUT2D eigenvalue weighted by Gasteiger charge is -2.38. The highest BCUT2D eigenvalue weighted by atomic mass is 32.1. The zero-order valence-electron chi connectivity index (χ0n) is 11.9. The van der Waals surface area contributed by atoms with Crippen LogP contribution in [0.3, 0.4) is 0 Å². The average Bonchev–Trinajstić information content (AvgIpc) is 2.90. The third-order valence-corrected chi connectivity index (χ3v) is 5.66. The molecule has 1 atom stereocenters. The molecule has 0 radical (unpaired) electrons. The summed E-state index contributed by atoms with van der Waals surface area (Å²) in [7, 11) is 0. The number of fused-ring (bicyclic) bond motifs is 1. The van der Waals surface area contributed by atoms with Crippen LogP contribution in [0.2, 0.25) is 0 Å². The van der Waals surface area contributed by atoms with Crippen molar-refractivity contribution in [3.63, 3.8) is 0 Å². The summed E-state index contributed by atoms with van der Waals surface area (Å²) in [4.78, 5) is 5.69. The molecular weight excluding hydrogens is 266 g/mol. The Bertz CT molecular complexity index is 592. The van der Waals surface area contributed by atoms with Gasteiger partial charge in [-0.1, -0.05) is 24.3 Å². The Hall–Kier alpha value is -1.19. The Morgan fingerprint density at radius 2 is 2.20 bits per heavy atom. The smallest absolute Gasteiger partial charge is 0.0797 e. The van der Waals surface area contributed by atoms with E-state index in [4.69, 9.17) is 0 Å². The van der Waals surface area contributed by atoms with Gasteiger partial charge in [-0.15, -0.1) is 11.3 Å². The molecule has 106 valence electrons. The van der Waals surface area contributed by atoms with Crippen LogP contribution in [0.25, 0.3) is 0 Å². The summed E-state index contributed by atoms with van der Waals surface area (Å²) in [5.41, 5.74) is 5.81. The van der Waals surface area contributed by atoms with E-state index in [0.717, 1.165) is 31.4 Å². The van der Waals surface area contributed by atoms with Crippen LogP contribution < -0.4 is 0 Å². The van der Waals surface area contributed by atoms with Crippen LogP contribution in [0.15, 0.2) is 29.8 Å². The minimum Gasteiger partial charge on any atom is -0.395 e. The minimum atomic E-state index is -0.0503. The van der Waals surface area contributed by atoms with Crippen LogP contribution in [-0.4, -0.2) is 16.7 Å². The van der Waals surface area contributed by atoms with Gasteiger partial charge in [0.15, 0.2) is 0 Å². The molecule has 0 spiro atoms. The molecule has 0 fully saturated rings. The van der Waals surface area contributed by atoms with Crippen molar-refractivity contribution in [2.45, 2.75) is 44.4 Å². The van der Waals surface area contributed by atoms with Crippen molar-refractivity contribution in [2.75, 3.05) is 6.61 Å². The second kappa shape index (κ2) is 5.66. The highest BCUT2D eigenvalue weighted by Gasteiger charge is 2.35. The number of benzene rings is 1. The summed E-state index contributed by atoms with van der Waals surface area (Å²) in [6, 6.07) is 8.65. The van der Waals surface area contributed by atoms with Gasteiger partial charge in [0, 0.05) is 10.3 Å². The van der Waals surface area contributed by atoms with Gasteiger partial charge in [0.05, 0.1) is 17.8 Å². The number of aliphatic hydroxyl groups is 1. The van der Waals surface area contributed by atoms with E-state index in [1.165, 1.54) is 22.4 Å². The molecule has 1 unspecified atom stereocenters. The van der Waals surface area contributed by atoms with E-state index < -0.39 is 0 Å². The third kappa shape index (κ3) is 2.40. The number of aromatic nitrogens is 1. The molecule has 20 heavy (non-hydrogen) atoms. The fourth-order valence-corrected chi connectivity index (χ4v) is 4.21. The fourth-order valence-electron chi connectivity index (χ4n) is 3.43. The highest BCUT2D eigenvalue weighted by Crippen LogP contribution is 2.40. The fraction of sp³-hybridized carbons (Fsp3) is 0.471. The Balaban J connectivity index is 1.87. The van der Waals surface area contributed by atoms with E-state index in [9.17, 15) is 5.11 Å². The molecule has 0 saturated carbocycles. The summed E-state index contributed by atoms with van der Waals surface area (Å²) in [5.74, 6) is 0. The van der Waals surface area contributed by atoms with Crippen molar-refractivity contribution >= 4 is 11.3 Å². The zero-order chi connectivity index (χ0) is 14.0. The summed E-state index contributed by atoms with van der Waals surface area (Å²) >= 11 is 1.74. The monoisotopic (exact) mass is 287 g/mol. The molecule has 1 aliphatic rings. The summed E-state index contributed by atoms with van der Waals surface area (Å²) in [6.45, 7) is 2.33. The Labute approximate surface area is 124 Å². The number of hydrogen-bond acceptors (Lipinski definition) is 3. The Morgan fingerprint density at radius 1 is 1.35 bits per heavy atom. The molecule has 0 bridgehead atoms. The lowest BCUT2D eigenvalue weighted by atomic mass is 9.68. The number of aryl methyl sites for hydroxylation is 3. The number of nitrogens with zero attached hydrogens (tertiary/aromatic N) is 1. The van der Waals surface area contributed by atoms with E-state index in [0.29, 0.717) is 0 Å². The van der Waals surface area contributed by atoms with E-state index in [1.54, 1.807) is 11.3 Å². The van der Waals surface area contributed by atoms with Crippen molar-refractivity contribution in [3.05, 3.63) is 51.5 Å². The first-order valence-corrected chi connectivity index (χ1v) is 8.21. The summed E-state index contributed by atoms with van der Waals surface area (Å²) in [5, 5.41) is 10.1. The number of hydrogen-bond donors (Lipinski definition) is 1. The van der Waals surface area contributed by atoms with Crippen molar-refractivity contribution < 1.29 is 5.11 Å². The predicted octanol–water partition coefficient (Wildman–Crippen LogP) is 3.65. The second-order valence-electron chi connectivity index (χ2n) is 5.81. The van der Waals surface area contributed by atoms with Crippen molar-refractivity contribution in [2.24, 2.45) is 0 Å². The molecule has 3 heteroatoms. The van der Waals surface area contributed by atoms with E-state index >= 15 is 0 Å². The van der Waals surface area contributed by atoms with Gasteiger partial charge in [0.1, 0.15) is 0 Å². The molecule has 1 aromatic heterocycles. The molecule has 0 aliphatic heterocycles. The van der Waals surface area contributed by atoms with Gasteiger partial charge in [0.2, 0.25) is 0 Å². The van der Waals surface area contributed by atoms with Crippen molar-refractivity contribution in [1.82, 2.24) is 4.98 Å². The zero-order valence-corrected chi connectivity index (χ0v) is 12.7. The van der Waals surface area contributed by atoms with Gasteiger partial charge in [-0.2, -0.15) is 0 Å². The molecule has 1 heterocycles.